The molecule has 0 saturated heterocycles. The van der Waals surface area contributed by atoms with Gasteiger partial charge in [0.1, 0.15) is 5.75 Å². The van der Waals surface area contributed by atoms with Crippen LogP contribution in [0.4, 0.5) is 0 Å². The predicted octanol–water partition coefficient (Wildman–Crippen LogP) is 4.69. The number of nitrogens with zero attached hydrogens (tertiary/aromatic N) is 1. The topological polar surface area (TPSA) is 50.1 Å². The van der Waals surface area contributed by atoms with Crippen molar-refractivity contribution >= 4 is 11.4 Å². The fourth-order valence-electron chi connectivity index (χ4n) is 3.11. The third-order valence-electron chi connectivity index (χ3n) is 4.60. The molecule has 2 aromatic rings. The van der Waals surface area contributed by atoms with E-state index in [1.54, 1.807) is 13.2 Å². The predicted molar refractivity (Wildman–Crippen MR) is 102 cm³/mol. The van der Waals surface area contributed by atoms with Gasteiger partial charge in [-0.2, -0.15) is 5.26 Å². The van der Waals surface area contributed by atoms with E-state index < -0.39 is 0 Å². The first kappa shape index (κ1) is 17.7. The number of benzene rings is 2. The molecule has 0 atom stereocenters. The molecular weight excluding hydrogens is 322 g/mol. The molecule has 0 bridgehead atoms. The quantitative estimate of drug-likeness (QED) is 0.792. The summed E-state index contributed by atoms with van der Waals surface area (Å²) in [6.07, 6.45) is 3.93. The van der Waals surface area contributed by atoms with Crippen LogP contribution >= 0.6 is 0 Å². The highest BCUT2D eigenvalue weighted by Crippen LogP contribution is 2.31. The second-order valence-corrected chi connectivity index (χ2v) is 6.32. The smallest absolute Gasteiger partial charge is 0.163 e. The van der Waals surface area contributed by atoms with Crippen molar-refractivity contribution in [3.8, 4) is 11.8 Å². The van der Waals surface area contributed by atoms with Crippen molar-refractivity contribution in [1.82, 2.24) is 0 Å². The van der Waals surface area contributed by atoms with Crippen LogP contribution in [0.3, 0.4) is 0 Å². The molecular formula is C23H20NO2. The normalized spacial score (nSPS) is 14.0. The fraction of sp³-hybridized carbons (Fsp3) is 0.174. The van der Waals surface area contributed by atoms with Gasteiger partial charge < -0.3 is 4.74 Å². The summed E-state index contributed by atoms with van der Waals surface area (Å²) in [6, 6.07) is 17.5. The number of Topliss-reactive ketones (excluding diaryl/α,β-unsaturated/α-hetero) is 1. The largest absolute Gasteiger partial charge is 0.497 e. The zero-order chi connectivity index (χ0) is 18.5. The molecule has 0 fully saturated rings. The zero-order valence-electron chi connectivity index (χ0n) is 14.8. The second kappa shape index (κ2) is 7.84. The van der Waals surface area contributed by atoms with Crippen LogP contribution in [0.2, 0.25) is 0 Å². The first-order valence-electron chi connectivity index (χ1n) is 8.53. The van der Waals surface area contributed by atoms with Crippen molar-refractivity contribution < 1.29 is 9.53 Å². The highest BCUT2D eigenvalue weighted by Gasteiger charge is 2.19. The summed E-state index contributed by atoms with van der Waals surface area (Å²) in [5.74, 6) is 0.876. The molecule has 0 aromatic heterocycles. The van der Waals surface area contributed by atoms with E-state index >= 15 is 0 Å². The van der Waals surface area contributed by atoms with E-state index in [0.29, 0.717) is 17.6 Å². The maximum Gasteiger partial charge on any atom is 0.163 e. The molecule has 3 nitrogen and oxygen atoms in total. The van der Waals surface area contributed by atoms with E-state index in [4.69, 9.17) is 10.00 Å². The van der Waals surface area contributed by atoms with Crippen molar-refractivity contribution in [2.45, 2.75) is 19.3 Å². The highest BCUT2D eigenvalue weighted by molar-refractivity contribution is 6.06. The van der Waals surface area contributed by atoms with Gasteiger partial charge >= 0.3 is 0 Å². The van der Waals surface area contributed by atoms with Crippen molar-refractivity contribution in [2.24, 2.45) is 0 Å². The molecule has 1 aliphatic carbocycles. The van der Waals surface area contributed by atoms with Crippen LogP contribution in [0.5, 0.6) is 5.75 Å². The van der Waals surface area contributed by atoms with E-state index in [-0.39, 0.29) is 5.78 Å². The monoisotopic (exact) mass is 342 g/mol. The molecule has 26 heavy (non-hydrogen) atoms. The van der Waals surface area contributed by atoms with E-state index in [9.17, 15) is 4.79 Å². The number of ether oxygens (including phenoxy) is 1. The Bertz CT molecular complexity index is 945. The van der Waals surface area contributed by atoms with Gasteiger partial charge in [-0.1, -0.05) is 30.3 Å². The van der Waals surface area contributed by atoms with Gasteiger partial charge in [-0.05, 0) is 71.9 Å². The number of carbonyl (C=O) groups is 1. The SMILES string of the molecule is [CH2]C1=C(CCc2cccc(OC)c2)C=C(c2cccc(C#N)c2)CC1=O. The Balaban J connectivity index is 1.84. The first-order chi connectivity index (χ1) is 12.6. The van der Waals surface area contributed by atoms with Gasteiger partial charge in [0.25, 0.3) is 0 Å². The summed E-state index contributed by atoms with van der Waals surface area (Å²) in [5, 5.41) is 9.09. The minimum absolute atomic E-state index is 0.0468. The van der Waals surface area contributed by atoms with Crippen LogP contribution in [0.15, 0.2) is 65.8 Å². The summed E-state index contributed by atoms with van der Waals surface area (Å²) in [6.45, 7) is 3.98. The van der Waals surface area contributed by atoms with Crippen molar-refractivity contribution in [3.63, 3.8) is 0 Å². The number of hydrogen-bond donors (Lipinski definition) is 0. The second-order valence-electron chi connectivity index (χ2n) is 6.32. The Morgan fingerprint density at radius 2 is 1.96 bits per heavy atom. The van der Waals surface area contributed by atoms with Crippen LogP contribution in [0.25, 0.3) is 5.57 Å². The number of rotatable bonds is 5. The van der Waals surface area contributed by atoms with Crippen molar-refractivity contribution in [3.05, 3.63) is 89.4 Å². The van der Waals surface area contributed by atoms with Crippen LogP contribution in [-0.4, -0.2) is 12.9 Å². The first-order valence-corrected chi connectivity index (χ1v) is 8.53. The molecule has 0 amide bonds. The van der Waals surface area contributed by atoms with Crippen LogP contribution < -0.4 is 4.74 Å². The number of methoxy groups -OCH3 is 1. The Kier molecular flexibility index (Phi) is 5.34. The molecule has 0 unspecified atom stereocenters. The van der Waals surface area contributed by atoms with Crippen molar-refractivity contribution in [1.29, 1.82) is 5.26 Å². The van der Waals surface area contributed by atoms with Gasteiger partial charge in [0.2, 0.25) is 0 Å². The van der Waals surface area contributed by atoms with Gasteiger partial charge in [-0.25, -0.2) is 0 Å². The Hall–Kier alpha value is -3.12. The molecule has 0 saturated carbocycles. The number of carbonyl (C=O) groups excluding carboxylic acids is 1. The van der Waals surface area contributed by atoms with Gasteiger partial charge in [0.05, 0.1) is 18.7 Å². The highest BCUT2D eigenvalue weighted by atomic mass is 16.5. The number of ketones is 1. The standard InChI is InChI=1S/C23H20NO2/c1-16-19(10-9-17-5-4-8-22(12-17)26-2)13-21(14-23(16)25)20-7-3-6-18(11-20)15-24/h3-8,11-13H,1,9-10,14H2,2H3. The lowest BCUT2D eigenvalue weighted by Crippen LogP contribution is -2.10. The van der Waals surface area contributed by atoms with Gasteiger partial charge in [0, 0.05) is 6.42 Å². The number of aryl methyl sites for hydroxylation is 1. The average molecular weight is 342 g/mol. The van der Waals surface area contributed by atoms with Crippen LogP contribution in [0.1, 0.15) is 29.5 Å². The summed E-state index contributed by atoms with van der Waals surface area (Å²) >= 11 is 0. The minimum atomic E-state index is 0.0468. The Morgan fingerprint density at radius 1 is 1.15 bits per heavy atom. The number of nitriles is 1. The zero-order valence-corrected chi connectivity index (χ0v) is 14.8. The molecule has 3 heteroatoms. The maximum absolute atomic E-state index is 12.4. The average Bonchev–Trinajstić information content (AvgIpc) is 2.69. The molecule has 1 aliphatic rings. The summed E-state index contributed by atoms with van der Waals surface area (Å²) < 4.78 is 5.26. The summed E-state index contributed by atoms with van der Waals surface area (Å²) in [7, 11) is 1.65. The summed E-state index contributed by atoms with van der Waals surface area (Å²) in [4.78, 5) is 12.4. The Morgan fingerprint density at radius 3 is 2.73 bits per heavy atom. The molecule has 2 aromatic carbocycles. The third-order valence-corrected chi connectivity index (χ3v) is 4.60. The van der Waals surface area contributed by atoms with Gasteiger partial charge in [0.15, 0.2) is 5.78 Å². The minimum Gasteiger partial charge on any atom is -0.497 e. The van der Waals surface area contributed by atoms with Gasteiger partial charge in [-0.15, -0.1) is 0 Å². The third kappa shape index (κ3) is 3.92. The van der Waals surface area contributed by atoms with E-state index in [1.807, 2.05) is 36.4 Å². The molecule has 0 heterocycles. The number of hydrogen-bond acceptors (Lipinski definition) is 3. The lowest BCUT2D eigenvalue weighted by molar-refractivity contribution is -0.114. The molecule has 0 spiro atoms. The number of allylic oxidation sites excluding steroid dienone is 4. The lowest BCUT2D eigenvalue weighted by atomic mass is 9.86. The lowest BCUT2D eigenvalue weighted by Gasteiger charge is -2.18. The Labute approximate surface area is 154 Å². The van der Waals surface area contributed by atoms with E-state index in [1.165, 1.54) is 0 Å². The molecule has 129 valence electrons. The van der Waals surface area contributed by atoms with Crippen molar-refractivity contribution in [2.75, 3.05) is 7.11 Å². The molecule has 0 aliphatic heterocycles. The fourth-order valence-corrected chi connectivity index (χ4v) is 3.11. The van der Waals surface area contributed by atoms with Crippen LogP contribution in [-0.2, 0) is 11.2 Å². The van der Waals surface area contributed by atoms with Gasteiger partial charge in [-0.3, -0.25) is 4.79 Å². The van der Waals surface area contributed by atoms with E-state index in [0.717, 1.165) is 40.9 Å². The molecule has 1 radical (unpaired) electrons. The molecule has 3 rings (SSSR count). The molecule has 0 N–H and O–H groups in total. The van der Waals surface area contributed by atoms with E-state index in [2.05, 4.69) is 25.1 Å². The van der Waals surface area contributed by atoms with Crippen LogP contribution in [0, 0.1) is 18.3 Å². The maximum atomic E-state index is 12.4. The summed E-state index contributed by atoms with van der Waals surface area (Å²) in [5.41, 5.74) is 5.17.